The quantitative estimate of drug-likeness (QED) is 0.168. The van der Waals surface area contributed by atoms with Crippen LogP contribution in [0.1, 0.15) is 80.6 Å². The molecule has 0 saturated heterocycles. The van der Waals surface area contributed by atoms with Gasteiger partial charge in [-0.2, -0.15) is 0 Å². The number of aryl methyl sites for hydroxylation is 12. The molecule has 16 rings (SSSR count). The third-order valence-electron chi connectivity index (χ3n) is 18.3. The number of anilines is 2. The molecule has 0 aliphatic heterocycles. The maximum Gasteiger partial charge on any atom is 0.0528 e. The van der Waals surface area contributed by atoms with E-state index in [2.05, 4.69) is 409 Å². The van der Waals surface area contributed by atoms with Gasteiger partial charge in [0, 0.05) is 83.3 Å². The molecule has 0 atom stereocenters. The Morgan fingerprint density at radius 1 is 0.294 bits per heavy atom. The van der Waals surface area contributed by atoms with Gasteiger partial charge >= 0.3 is 0 Å². The van der Waals surface area contributed by atoms with Crippen LogP contribution in [0.4, 0.5) is 11.4 Å². The van der Waals surface area contributed by atoms with Gasteiger partial charge in [0.2, 0.25) is 0 Å². The average molecular weight is 1340 g/mol. The molecule has 518 valence electrons. The van der Waals surface area contributed by atoms with E-state index < -0.39 is 0 Å². The smallest absolute Gasteiger partial charge is 0.0528 e. The second-order valence-electron chi connectivity index (χ2n) is 27.0. The van der Waals surface area contributed by atoms with Crippen molar-refractivity contribution in [1.29, 1.82) is 0 Å². The first-order valence-corrected chi connectivity index (χ1v) is 35.7. The third-order valence-corrected chi connectivity index (χ3v) is 18.3. The lowest BCUT2D eigenvalue weighted by atomic mass is 9.95. The SMILES string of the molecule is CN(c1ccccc1)c1ccccc1.Cc1ccc(C)c(C)c1.Cc1ccc(CC(C)C)c2ccccc12.Cc1ccc2c(ccn2-c2ccccc2)c1.Cc1ccc2c(ccn2C)c1.Cc1cccc(C)c1C.Cc1ccccc1.Cc1ccccc1.Cn1c2ccccc2c2ccccc21. The van der Waals surface area contributed by atoms with Crippen LogP contribution < -0.4 is 4.90 Å². The molecule has 0 radical (unpaired) electrons. The van der Waals surface area contributed by atoms with Crippen molar-refractivity contribution in [2.75, 3.05) is 11.9 Å². The first-order valence-electron chi connectivity index (χ1n) is 35.7. The Labute approximate surface area is 610 Å². The molecule has 0 fully saturated rings. The number of hydrogen-bond acceptors (Lipinski definition) is 1. The molecule has 102 heavy (non-hydrogen) atoms. The first kappa shape index (κ1) is 76.6. The van der Waals surface area contributed by atoms with Gasteiger partial charge in [0.25, 0.3) is 0 Å². The molecular formula is C98H106N4. The summed E-state index contributed by atoms with van der Waals surface area (Å²) in [6.07, 6.45) is 5.38. The van der Waals surface area contributed by atoms with E-state index in [0.29, 0.717) is 0 Å². The Hall–Kier alpha value is -11.2. The van der Waals surface area contributed by atoms with Crippen LogP contribution in [-0.2, 0) is 20.5 Å². The van der Waals surface area contributed by atoms with Gasteiger partial charge in [-0.15, -0.1) is 0 Å². The first-order chi connectivity index (χ1) is 49.3. The van der Waals surface area contributed by atoms with Gasteiger partial charge in [0.1, 0.15) is 0 Å². The van der Waals surface area contributed by atoms with Gasteiger partial charge in [-0.1, -0.05) is 278 Å². The van der Waals surface area contributed by atoms with E-state index in [1.165, 1.54) is 145 Å². The third kappa shape index (κ3) is 22.7. The van der Waals surface area contributed by atoms with E-state index in [-0.39, 0.29) is 0 Å². The van der Waals surface area contributed by atoms with Crippen molar-refractivity contribution in [3.05, 3.63) is 401 Å². The minimum absolute atomic E-state index is 0.719. The van der Waals surface area contributed by atoms with Crippen LogP contribution in [0.5, 0.6) is 0 Å². The summed E-state index contributed by atoms with van der Waals surface area (Å²) in [4.78, 5) is 2.17. The van der Waals surface area contributed by atoms with Crippen molar-refractivity contribution in [3.63, 3.8) is 0 Å². The molecule has 0 saturated carbocycles. The van der Waals surface area contributed by atoms with Gasteiger partial charge in [-0.25, -0.2) is 0 Å². The highest BCUT2D eigenvalue weighted by Gasteiger charge is 2.08. The number of benzene rings is 13. The van der Waals surface area contributed by atoms with E-state index in [1.807, 2.05) is 54.6 Å². The van der Waals surface area contributed by atoms with Crippen molar-refractivity contribution in [1.82, 2.24) is 13.7 Å². The Morgan fingerprint density at radius 3 is 1.16 bits per heavy atom. The standard InChI is InChI=1S/C15H13N.C15H18.C13H11N.C13H13N.C10H11N.2C9H12.2C7H8/c1-12-7-8-15-13(11-12)9-10-16(15)14-5-3-2-4-6-14;1-11(2)10-13-9-8-12(3)14-6-4-5-7-15(13)14;1-14-12-8-4-2-6-10(12)11-7-3-5-9-13(11)14;1-14(12-8-4-2-5-9-12)13-10-6-3-7-11-13;1-8-3-4-10-9(7-8)5-6-11(10)2;1-7-4-5-8(2)9(3)6-7;1-7-5-4-6-8(2)9(7)3;2*1-7-5-3-2-4-6-7/h2-11H,1H3;4-9,11H,10H2,1-3H3;2-9H,1H3;2-11H,1H3;3-7H,1-2H3;2*4-6H,1-3H3;2*2-6H,1H3. The van der Waals surface area contributed by atoms with Crippen LogP contribution in [0.15, 0.2) is 334 Å². The van der Waals surface area contributed by atoms with Crippen molar-refractivity contribution in [3.8, 4) is 5.69 Å². The van der Waals surface area contributed by atoms with E-state index in [4.69, 9.17) is 0 Å². The molecule has 13 aromatic carbocycles. The summed E-state index contributed by atoms with van der Waals surface area (Å²) in [5.41, 5.74) is 25.2. The fraction of sp³-hybridized carbons (Fsp3) is 0.184. The molecule has 0 bridgehead atoms. The fourth-order valence-electron chi connectivity index (χ4n) is 12.0. The van der Waals surface area contributed by atoms with Crippen LogP contribution in [-0.4, -0.2) is 20.7 Å². The van der Waals surface area contributed by atoms with E-state index in [0.717, 1.165) is 5.92 Å². The molecule has 16 aromatic rings. The largest absolute Gasteiger partial charge is 0.351 e. The highest BCUT2D eigenvalue weighted by atomic mass is 15.1. The Kier molecular flexibility index (Phi) is 29.2. The number of rotatable bonds is 5. The van der Waals surface area contributed by atoms with Crippen LogP contribution >= 0.6 is 0 Å². The van der Waals surface area contributed by atoms with Crippen LogP contribution in [0.3, 0.4) is 0 Å². The summed E-state index contributed by atoms with van der Waals surface area (Å²) >= 11 is 0. The maximum atomic E-state index is 2.28. The summed E-state index contributed by atoms with van der Waals surface area (Å²) in [5.74, 6) is 0.719. The lowest BCUT2D eigenvalue weighted by Crippen LogP contribution is -2.08. The molecule has 4 nitrogen and oxygen atoms in total. The van der Waals surface area contributed by atoms with Crippen molar-refractivity contribution in [2.45, 2.75) is 96.4 Å². The molecule has 0 aliphatic carbocycles. The van der Waals surface area contributed by atoms with Crippen molar-refractivity contribution in [2.24, 2.45) is 20.0 Å². The Morgan fingerprint density at radius 2 is 0.696 bits per heavy atom. The summed E-state index contributed by atoms with van der Waals surface area (Å²) in [6, 6.07) is 112. The monoisotopic (exact) mass is 1340 g/mol. The zero-order valence-corrected chi connectivity index (χ0v) is 63.3. The van der Waals surface area contributed by atoms with E-state index >= 15 is 0 Å². The molecule has 0 aliphatic rings. The summed E-state index contributed by atoms with van der Waals surface area (Å²) < 4.78 is 6.59. The second-order valence-corrected chi connectivity index (χ2v) is 27.0. The Bertz CT molecular complexity index is 4980. The summed E-state index contributed by atoms with van der Waals surface area (Å²) in [7, 11) is 6.26. The summed E-state index contributed by atoms with van der Waals surface area (Å²) in [5, 5.41) is 8.12. The molecule has 3 aromatic heterocycles. The number of para-hydroxylation sites is 5. The lowest BCUT2D eigenvalue weighted by molar-refractivity contribution is 0.650. The molecule has 0 spiro atoms. The van der Waals surface area contributed by atoms with Gasteiger partial charge < -0.3 is 18.6 Å². The van der Waals surface area contributed by atoms with Crippen molar-refractivity contribution >= 4 is 65.8 Å². The average Bonchev–Trinajstić information content (AvgIpc) is 1.60. The van der Waals surface area contributed by atoms with Gasteiger partial charge in [0.05, 0.1) is 5.52 Å². The van der Waals surface area contributed by atoms with Gasteiger partial charge in [-0.05, 0) is 229 Å². The second kappa shape index (κ2) is 39.0. The zero-order valence-electron chi connectivity index (χ0n) is 63.3. The zero-order chi connectivity index (χ0) is 72.9. The Balaban J connectivity index is 0.000000148. The number of fused-ring (bicyclic) bond motifs is 6. The van der Waals surface area contributed by atoms with Crippen LogP contribution in [0, 0.1) is 82.1 Å². The molecule has 0 unspecified atom stereocenters. The molecule has 4 heteroatoms. The highest BCUT2D eigenvalue weighted by molar-refractivity contribution is 6.07. The van der Waals surface area contributed by atoms with E-state index in [1.54, 1.807) is 0 Å². The molecule has 0 amide bonds. The topological polar surface area (TPSA) is 18.0 Å². The normalized spacial score (nSPS) is 10.3. The minimum atomic E-state index is 0.719. The highest BCUT2D eigenvalue weighted by Crippen LogP contribution is 2.29. The number of nitrogens with zero attached hydrogens (tertiary/aromatic N) is 4. The molecule has 0 N–H and O–H groups in total. The predicted octanol–water partition coefficient (Wildman–Crippen LogP) is 26.8. The van der Waals surface area contributed by atoms with Crippen LogP contribution in [0.25, 0.3) is 60.1 Å². The summed E-state index contributed by atoms with van der Waals surface area (Å²) in [6.45, 7) is 28.0. The molecule has 3 heterocycles. The predicted molar refractivity (Wildman–Crippen MR) is 448 cm³/mol. The van der Waals surface area contributed by atoms with Gasteiger partial charge in [0.15, 0.2) is 0 Å². The number of hydrogen-bond donors (Lipinski definition) is 0. The maximum absolute atomic E-state index is 2.28. The fourth-order valence-corrected chi connectivity index (χ4v) is 12.0. The minimum Gasteiger partial charge on any atom is -0.351 e. The van der Waals surface area contributed by atoms with Crippen LogP contribution in [0.2, 0.25) is 0 Å². The van der Waals surface area contributed by atoms with Crippen molar-refractivity contribution < 1.29 is 0 Å². The lowest BCUT2D eigenvalue weighted by Gasteiger charge is -2.18. The number of aromatic nitrogens is 3. The van der Waals surface area contributed by atoms with Gasteiger partial charge in [-0.3, -0.25) is 0 Å². The van der Waals surface area contributed by atoms with E-state index in [9.17, 15) is 0 Å². The molecular weight excluding hydrogens is 1230 g/mol.